The minimum Gasteiger partial charge on any atom is -0.486 e. The fourth-order valence-corrected chi connectivity index (χ4v) is 5.73. The van der Waals surface area contributed by atoms with Gasteiger partial charge in [0.05, 0.1) is 31.4 Å². The van der Waals surface area contributed by atoms with Gasteiger partial charge in [-0.3, -0.25) is 9.69 Å². The van der Waals surface area contributed by atoms with E-state index in [9.17, 15) is 14.4 Å². The van der Waals surface area contributed by atoms with E-state index in [0.717, 1.165) is 45.1 Å². The fourth-order valence-electron chi connectivity index (χ4n) is 5.73. The number of likely N-dealkylation sites (tertiary alicyclic amines) is 1. The van der Waals surface area contributed by atoms with Crippen LogP contribution in [0.1, 0.15) is 12.0 Å². The van der Waals surface area contributed by atoms with E-state index >= 15 is 0 Å². The standard InChI is InChI=1S/C32H36FN7O4/c1-42-21-31(41)40-11-9-29(27(33)18-40)44-28-7-2-22(16-23(28)17-34)32-35-10-8-30(37-32)36-24-3-5-25(6-4-24)38-12-14-39(15-13-38)26-19-43-20-26/h2-8,10,16,26-27,29H,9,11-15,18-21H2,1H3,(H,35,36,37)/t27-,29+/m1/s1. The molecule has 0 bridgehead atoms. The van der Waals surface area contributed by atoms with E-state index in [4.69, 9.17) is 14.2 Å². The molecule has 1 N–H and O–H groups in total. The van der Waals surface area contributed by atoms with Crippen molar-refractivity contribution in [3.63, 3.8) is 0 Å². The number of piperidine rings is 1. The predicted molar refractivity (Wildman–Crippen MR) is 163 cm³/mol. The van der Waals surface area contributed by atoms with E-state index < -0.39 is 12.3 Å². The summed E-state index contributed by atoms with van der Waals surface area (Å²) in [7, 11) is 1.43. The van der Waals surface area contributed by atoms with Crippen LogP contribution in [0.4, 0.5) is 21.6 Å². The Morgan fingerprint density at radius 2 is 1.91 bits per heavy atom. The summed E-state index contributed by atoms with van der Waals surface area (Å²) in [4.78, 5) is 27.5. The van der Waals surface area contributed by atoms with Gasteiger partial charge in [-0.25, -0.2) is 14.4 Å². The maximum absolute atomic E-state index is 14.9. The molecule has 11 nitrogen and oxygen atoms in total. The Balaban J connectivity index is 1.07. The molecule has 230 valence electrons. The van der Waals surface area contributed by atoms with Crippen LogP contribution < -0.4 is 15.0 Å². The highest BCUT2D eigenvalue weighted by Gasteiger charge is 2.33. The summed E-state index contributed by atoms with van der Waals surface area (Å²) in [5.41, 5.74) is 2.99. The van der Waals surface area contributed by atoms with Gasteiger partial charge in [-0.05, 0) is 48.5 Å². The Bertz CT molecular complexity index is 1490. The molecule has 3 saturated heterocycles. The van der Waals surface area contributed by atoms with Gasteiger partial charge in [0, 0.05) is 69.4 Å². The lowest BCUT2D eigenvalue weighted by Gasteiger charge is -2.43. The molecule has 0 radical (unpaired) electrons. The molecule has 3 aliphatic heterocycles. The molecule has 1 aromatic heterocycles. The number of amides is 1. The lowest BCUT2D eigenvalue weighted by atomic mass is 10.0. The molecule has 3 aliphatic rings. The van der Waals surface area contributed by atoms with Gasteiger partial charge in [0.15, 0.2) is 12.0 Å². The third kappa shape index (κ3) is 6.75. The number of hydrogen-bond acceptors (Lipinski definition) is 10. The van der Waals surface area contributed by atoms with Crippen molar-refractivity contribution in [1.82, 2.24) is 19.8 Å². The molecule has 0 spiro atoms. The maximum Gasteiger partial charge on any atom is 0.248 e. The second-order valence-corrected chi connectivity index (χ2v) is 11.2. The number of alkyl halides is 1. The van der Waals surface area contributed by atoms with Gasteiger partial charge in [-0.2, -0.15) is 5.26 Å². The van der Waals surface area contributed by atoms with Crippen LogP contribution in [0.15, 0.2) is 54.7 Å². The van der Waals surface area contributed by atoms with Crippen molar-refractivity contribution < 1.29 is 23.4 Å². The summed E-state index contributed by atoms with van der Waals surface area (Å²) >= 11 is 0. The Morgan fingerprint density at radius 1 is 1.11 bits per heavy atom. The Kier molecular flexibility index (Phi) is 9.16. The van der Waals surface area contributed by atoms with Gasteiger partial charge >= 0.3 is 0 Å². The molecule has 0 unspecified atom stereocenters. The molecule has 1 amide bonds. The number of piperazine rings is 1. The number of carbonyl (C=O) groups excluding carboxylic acids is 1. The molecular weight excluding hydrogens is 565 g/mol. The predicted octanol–water partition coefficient (Wildman–Crippen LogP) is 3.24. The minimum atomic E-state index is -1.38. The normalized spacial score (nSPS) is 20.9. The number of rotatable bonds is 9. The van der Waals surface area contributed by atoms with Crippen LogP contribution in [-0.4, -0.2) is 110 Å². The summed E-state index contributed by atoms with van der Waals surface area (Å²) in [6, 6.07) is 17.9. The van der Waals surface area contributed by atoms with Crippen LogP contribution in [0.5, 0.6) is 5.75 Å². The zero-order chi connectivity index (χ0) is 30.5. The Morgan fingerprint density at radius 3 is 2.59 bits per heavy atom. The highest BCUT2D eigenvalue weighted by Crippen LogP contribution is 2.29. The van der Waals surface area contributed by atoms with Crippen LogP contribution in [-0.2, 0) is 14.3 Å². The molecule has 0 saturated carbocycles. The molecule has 3 fully saturated rings. The number of nitrogens with one attached hydrogen (secondary N) is 1. The number of nitriles is 1. The van der Waals surface area contributed by atoms with E-state index in [-0.39, 0.29) is 30.4 Å². The van der Waals surface area contributed by atoms with E-state index in [1.807, 2.05) is 12.1 Å². The third-order valence-electron chi connectivity index (χ3n) is 8.35. The van der Waals surface area contributed by atoms with Crippen LogP contribution in [0, 0.1) is 11.3 Å². The lowest BCUT2D eigenvalue weighted by Crippen LogP contribution is -2.56. The smallest absolute Gasteiger partial charge is 0.248 e. The molecule has 3 aromatic rings. The van der Waals surface area contributed by atoms with Crippen molar-refractivity contribution in [2.45, 2.75) is 24.7 Å². The lowest BCUT2D eigenvalue weighted by molar-refractivity contribution is -0.139. The molecular formula is C32H36FN7O4. The number of aromatic nitrogens is 2. The van der Waals surface area contributed by atoms with Crippen LogP contribution in [0.2, 0.25) is 0 Å². The number of nitrogens with zero attached hydrogens (tertiary/aromatic N) is 6. The number of benzene rings is 2. The van der Waals surface area contributed by atoms with Gasteiger partial charge in [-0.15, -0.1) is 0 Å². The number of halogens is 1. The molecule has 0 aliphatic carbocycles. The van der Waals surface area contributed by atoms with E-state index in [1.165, 1.54) is 17.7 Å². The van der Waals surface area contributed by atoms with Crippen molar-refractivity contribution in [3.8, 4) is 23.2 Å². The topological polar surface area (TPSA) is 116 Å². The average Bonchev–Trinajstić information content (AvgIpc) is 3.02. The van der Waals surface area contributed by atoms with Crippen molar-refractivity contribution in [2.24, 2.45) is 0 Å². The maximum atomic E-state index is 14.9. The van der Waals surface area contributed by atoms with E-state index in [1.54, 1.807) is 30.5 Å². The second-order valence-electron chi connectivity index (χ2n) is 11.2. The monoisotopic (exact) mass is 601 g/mol. The first-order valence-corrected chi connectivity index (χ1v) is 14.9. The molecule has 2 aromatic carbocycles. The van der Waals surface area contributed by atoms with E-state index in [0.29, 0.717) is 36.2 Å². The highest BCUT2D eigenvalue weighted by molar-refractivity contribution is 5.77. The Hall–Kier alpha value is -4.31. The first-order valence-electron chi connectivity index (χ1n) is 14.9. The highest BCUT2D eigenvalue weighted by atomic mass is 19.1. The molecule has 12 heteroatoms. The summed E-state index contributed by atoms with van der Waals surface area (Å²) in [5.74, 6) is 1.09. The summed E-state index contributed by atoms with van der Waals surface area (Å²) < 4.78 is 31.0. The van der Waals surface area contributed by atoms with Crippen molar-refractivity contribution in [1.29, 1.82) is 5.26 Å². The van der Waals surface area contributed by atoms with Crippen molar-refractivity contribution in [3.05, 3.63) is 60.3 Å². The summed E-state index contributed by atoms with van der Waals surface area (Å²) in [5, 5.41) is 13.2. The van der Waals surface area contributed by atoms with Crippen LogP contribution in [0.25, 0.3) is 11.4 Å². The van der Waals surface area contributed by atoms with Crippen molar-refractivity contribution >= 4 is 23.1 Å². The molecule has 6 rings (SSSR count). The first-order chi connectivity index (χ1) is 21.5. The first kappa shape index (κ1) is 29.7. The van der Waals surface area contributed by atoms with Gasteiger partial charge in [0.25, 0.3) is 0 Å². The number of carbonyl (C=O) groups is 1. The molecule has 4 heterocycles. The van der Waals surface area contributed by atoms with Gasteiger partial charge in [0.2, 0.25) is 5.91 Å². The number of anilines is 3. The quantitative estimate of drug-likeness (QED) is 0.392. The Labute approximate surface area is 256 Å². The molecule has 44 heavy (non-hydrogen) atoms. The number of hydrogen-bond donors (Lipinski definition) is 1. The number of methoxy groups -OCH3 is 1. The minimum absolute atomic E-state index is 0.0727. The summed E-state index contributed by atoms with van der Waals surface area (Å²) in [6.45, 7) is 5.99. The summed E-state index contributed by atoms with van der Waals surface area (Å²) in [6.07, 6.45) is -0.169. The van der Waals surface area contributed by atoms with Gasteiger partial charge < -0.3 is 29.3 Å². The largest absolute Gasteiger partial charge is 0.486 e. The van der Waals surface area contributed by atoms with Gasteiger partial charge in [-0.1, -0.05) is 0 Å². The van der Waals surface area contributed by atoms with Crippen LogP contribution >= 0.6 is 0 Å². The zero-order valence-electron chi connectivity index (χ0n) is 24.7. The van der Waals surface area contributed by atoms with E-state index in [2.05, 4.69) is 43.3 Å². The zero-order valence-corrected chi connectivity index (χ0v) is 24.7. The average molecular weight is 602 g/mol. The SMILES string of the molecule is COCC(=O)N1CC[C@H](Oc2ccc(-c3nccc(Nc4ccc(N5CCN(C6COC6)CC5)cc4)n3)cc2C#N)[C@H](F)C1. The number of ether oxygens (including phenoxy) is 3. The van der Waals surface area contributed by atoms with Gasteiger partial charge in [0.1, 0.15) is 30.3 Å². The van der Waals surface area contributed by atoms with Crippen LogP contribution in [0.3, 0.4) is 0 Å². The fraction of sp³-hybridized carbons (Fsp3) is 0.438. The molecule has 2 atom stereocenters. The third-order valence-corrected chi connectivity index (χ3v) is 8.35. The second kappa shape index (κ2) is 13.5. The van der Waals surface area contributed by atoms with Crippen molar-refractivity contribution in [2.75, 3.05) is 76.4 Å².